The molecule has 2 unspecified atom stereocenters. The van der Waals surface area contributed by atoms with Gasteiger partial charge < -0.3 is 19.3 Å². The summed E-state index contributed by atoms with van der Waals surface area (Å²) in [6.07, 6.45) is 7.13. The van der Waals surface area contributed by atoms with E-state index in [-0.39, 0.29) is 12.3 Å². The van der Waals surface area contributed by atoms with Crippen LogP contribution in [0.15, 0.2) is 66.7 Å². The fraction of sp³-hybridized carbons (Fsp3) is 0.457. The second-order valence-electron chi connectivity index (χ2n) is 11.5. The van der Waals surface area contributed by atoms with Crippen molar-refractivity contribution in [2.45, 2.75) is 63.2 Å². The molecule has 1 saturated carbocycles. The van der Waals surface area contributed by atoms with Gasteiger partial charge in [-0.1, -0.05) is 42.5 Å². The monoisotopic (exact) mass is 540 g/mol. The van der Waals surface area contributed by atoms with Gasteiger partial charge >= 0.3 is 5.97 Å². The van der Waals surface area contributed by atoms with E-state index < -0.39 is 5.97 Å². The summed E-state index contributed by atoms with van der Waals surface area (Å²) in [6.45, 7) is 3.23. The summed E-state index contributed by atoms with van der Waals surface area (Å²) in [4.78, 5) is 11.1. The zero-order chi connectivity index (χ0) is 27.3. The van der Waals surface area contributed by atoms with Crippen LogP contribution < -0.4 is 9.47 Å². The first-order valence-electron chi connectivity index (χ1n) is 15.1. The number of carbonyl (C=O) groups is 1. The van der Waals surface area contributed by atoms with Gasteiger partial charge in [-0.3, -0.25) is 4.79 Å². The van der Waals surface area contributed by atoms with Crippen molar-refractivity contribution in [1.29, 1.82) is 0 Å². The number of carboxylic acid groups (broad SMARTS) is 1. The first-order chi connectivity index (χ1) is 19.7. The van der Waals surface area contributed by atoms with E-state index in [2.05, 4.69) is 66.7 Å². The summed E-state index contributed by atoms with van der Waals surface area (Å²) in [5.74, 6) is 3.66. The Labute approximate surface area is 237 Å². The maximum absolute atomic E-state index is 11.1. The lowest BCUT2D eigenvalue weighted by atomic mass is 9.91. The number of fused-ring (bicyclic) bond motifs is 4. The van der Waals surface area contributed by atoms with Crippen molar-refractivity contribution in [3.63, 3.8) is 0 Å². The fourth-order valence-corrected chi connectivity index (χ4v) is 6.99. The molecule has 5 nitrogen and oxygen atoms in total. The topological polar surface area (TPSA) is 65.0 Å². The number of hydrogen-bond acceptors (Lipinski definition) is 4. The minimum atomic E-state index is -0.732. The highest BCUT2D eigenvalue weighted by molar-refractivity contribution is 5.79. The van der Waals surface area contributed by atoms with Crippen LogP contribution in [-0.4, -0.2) is 37.5 Å². The molecule has 0 amide bonds. The molecule has 40 heavy (non-hydrogen) atoms. The maximum Gasteiger partial charge on any atom is 0.303 e. The predicted molar refractivity (Wildman–Crippen MR) is 156 cm³/mol. The first kappa shape index (κ1) is 26.9. The lowest BCUT2D eigenvalue weighted by Gasteiger charge is -2.14. The number of hydrogen-bond donors (Lipinski definition) is 1. The van der Waals surface area contributed by atoms with Crippen molar-refractivity contribution in [3.8, 4) is 22.6 Å². The van der Waals surface area contributed by atoms with Gasteiger partial charge in [-0.2, -0.15) is 0 Å². The Balaban J connectivity index is 0.946. The van der Waals surface area contributed by atoms with Crippen LogP contribution in [0.3, 0.4) is 0 Å². The van der Waals surface area contributed by atoms with Crippen molar-refractivity contribution < 1.29 is 24.1 Å². The lowest BCUT2D eigenvalue weighted by molar-refractivity contribution is -0.137. The van der Waals surface area contributed by atoms with E-state index in [1.54, 1.807) is 0 Å². The summed E-state index contributed by atoms with van der Waals surface area (Å²) >= 11 is 0. The van der Waals surface area contributed by atoms with E-state index in [1.165, 1.54) is 40.7 Å². The van der Waals surface area contributed by atoms with Crippen LogP contribution in [-0.2, 0) is 9.53 Å². The Morgan fingerprint density at radius 1 is 0.775 bits per heavy atom. The number of benzene rings is 3. The molecule has 6 rings (SSSR count). The Hall–Kier alpha value is -3.31. The van der Waals surface area contributed by atoms with Crippen molar-refractivity contribution in [2.75, 3.05) is 26.4 Å². The average Bonchev–Trinajstić information content (AvgIpc) is 3.63. The van der Waals surface area contributed by atoms with Gasteiger partial charge in [0.15, 0.2) is 0 Å². The summed E-state index contributed by atoms with van der Waals surface area (Å²) in [7, 11) is 0. The Bertz CT molecular complexity index is 1300. The summed E-state index contributed by atoms with van der Waals surface area (Å²) in [5, 5.41) is 9.10. The van der Waals surface area contributed by atoms with E-state index in [4.69, 9.17) is 19.3 Å². The third-order valence-corrected chi connectivity index (χ3v) is 9.00. The second-order valence-corrected chi connectivity index (χ2v) is 11.5. The molecule has 2 fully saturated rings. The highest BCUT2D eigenvalue weighted by atomic mass is 16.5. The first-order valence-corrected chi connectivity index (χ1v) is 15.1. The number of carboxylic acids is 1. The summed E-state index contributed by atoms with van der Waals surface area (Å²) in [5.41, 5.74) is 6.49. The fourth-order valence-electron chi connectivity index (χ4n) is 6.99. The van der Waals surface area contributed by atoms with Crippen molar-refractivity contribution in [3.05, 3.63) is 83.4 Å². The Kier molecular flexibility index (Phi) is 8.38. The van der Waals surface area contributed by atoms with E-state index in [0.717, 1.165) is 68.8 Å². The van der Waals surface area contributed by atoms with Gasteiger partial charge in [0.2, 0.25) is 0 Å². The minimum Gasteiger partial charge on any atom is -0.494 e. The predicted octanol–water partition coefficient (Wildman–Crippen LogP) is 7.82. The Morgan fingerprint density at radius 2 is 1.50 bits per heavy atom. The molecule has 0 radical (unpaired) electrons. The molecular weight excluding hydrogens is 500 g/mol. The molecule has 210 valence electrons. The molecule has 0 bridgehead atoms. The van der Waals surface area contributed by atoms with E-state index in [1.807, 2.05) is 0 Å². The molecule has 1 heterocycles. The van der Waals surface area contributed by atoms with Gasteiger partial charge in [0.1, 0.15) is 11.5 Å². The highest BCUT2D eigenvalue weighted by Gasteiger charge is 2.50. The van der Waals surface area contributed by atoms with Crippen LogP contribution in [0.1, 0.15) is 79.9 Å². The van der Waals surface area contributed by atoms with Gasteiger partial charge in [-0.25, -0.2) is 0 Å². The maximum atomic E-state index is 11.1. The normalized spacial score (nSPS) is 22.5. The number of ether oxygens (including phenoxy) is 3. The van der Waals surface area contributed by atoms with Gasteiger partial charge in [-0.15, -0.1) is 0 Å². The van der Waals surface area contributed by atoms with Crippen molar-refractivity contribution in [2.24, 2.45) is 11.8 Å². The standard InChI is InChI=1S/C35H40O5/c36-34(37)13-7-12-29-27-10-2-3-11-28(27)30-15-14-26(23-33(29)30)40-19-5-1-4-18-39-25-9-6-8-24(22-25)35-31-16-20-38-21-17-32(31)35/h2-3,6,8-11,14-15,22-23,29,31-32,35H,1,4-5,7,12-13,16-21H2,(H,36,37)/t29?,31-,32+,35?. The highest BCUT2D eigenvalue weighted by Crippen LogP contribution is 2.58. The molecule has 1 N–H and O–H groups in total. The largest absolute Gasteiger partial charge is 0.494 e. The van der Waals surface area contributed by atoms with Gasteiger partial charge in [0.25, 0.3) is 0 Å². The van der Waals surface area contributed by atoms with Crippen LogP contribution in [0, 0.1) is 11.8 Å². The zero-order valence-corrected chi connectivity index (χ0v) is 23.2. The third kappa shape index (κ3) is 6.05. The van der Waals surface area contributed by atoms with Gasteiger partial charge in [0, 0.05) is 25.6 Å². The van der Waals surface area contributed by atoms with Crippen LogP contribution in [0.25, 0.3) is 11.1 Å². The molecule has 0 spiro atoms. The van der Waals surface area contributed by atoms with Crippen molar-refractivity contribution in [1.82, 2.24) is 0 Å². The second kappa shape index (κ2) is 12.5. The molecule has 1 saturated heterocycles. The summed E-state index contributed by atoms with van der Waals surface area (Å²) < 4.78 is 17.9. The van der Waals surface area contributed by atoms with Crippen LogP contribution in [0.5, 0.6) is 11.5 Å². The number of unbranched alkanes of at least 4 members (excludes halogenated alkanes) is 2. The molecule has 0 aromatic heterocycles. The molecule has 5 heteroatoms. The molecule has 4 atom stereocenters. The van der Waals surface area contributed by atoms with Crippen LogP contribution in [0.2, 0.25) is 0 Å². The minimum absolute atomic E-state index is 0.205. The summed E-state index contributed by atoms with van der Waals surface area (Å²) in [6, 6.07) is 23.6. The SMILES string of the molecule is O=C(O)CCCC1c2ccccc2-c2ccc(OCCCCCOc3cccc(C4[C@H]5CCOCC[C@@H]45)c3)cc21. The van der Waals surface area contributed by atoms with Crippen molar-refractivity contribution >= 4 is 5.97 Å². The van der Waals surface area contributed by atoms with Crippen LogP contribution >= 0.6 is 0 Å². The molecule has 3 aliphatic rings. The molecular formula is C35H40O5. The van der Waals surface area contributed by atoms with E-state index in [0.29, 0.717) is 18.9 Å². The average molecular weight is 541 g/mol. The van der Waals surface area contributed by atoms with Gasteiger partial charge in [0.05, 0.1) is 13.2 Å². The zero-order valence-electron chi connectivity index (χ0n) is 23.2. The molecule has 1 aliphatic heterocycles. The number of aliphatic carboxylic acids is 1. The third-order valence-electron chi connectivity index (χ3n) is 9.00. The Morgan fingerprint density at radius 3 is 2.27 bits per heavy atom. The van der Waals surface area contributed by atoms with E-state index in [9.17, 15) is 4.79 Å². The van der Waals surface area contributed by atoms with E-state index >= 15 is 0 Å². The van der Waals surface area contributed by atoms with Crippen LogP contribution in [0.4, 0.5) is 0 Å². The van der Waals surface area contributed by atoms with Gasteiger partial charge in [-0.05, 0) is 115 Å². The molecule has 2 aliphatic carbocycles. The quantitative estimate of drug-likeness (QED) is 0.224. The number of rotatable bonds is 13. The molecule has 3 aromatic rings. The molecule has 3 aromatic carbocycles. The smallest absolute Gasteiger partial charge is 0.303 e. The lowest BCUT2D eigenvalue weighted by Crippen LogP contribution is -2.03.